The first-order valence-corrected chi connectivity index (χ1v) is 7.85. The number of nitrogens with zero attached hydrogens (tertiary/aromatic N) is 1. The monoisotopic (exact) mass is 361 g/mol. The molecule has 0 aliphatic heterocycles. The number of carbonyl (C=O) groups is 2. The number of rotatable bonds is 3. The summed E-state index contributed by atoms with van der Waals surface area (Å²) in [6, 6.07) is 13.3. The van der Waals surface area contributed by atoms with Gasteiger partial charge in [0, 0.05) is 35.9 Å². The van der Waals surface area contributed by atoms with Crippen molar-refractivity contribution < 1.29 is 9.59 Å². The fourth-order valence-electron chi connectivity index (χ4n) is 1.93. The molecule has 0 bridgehead atoms. The van der Waals surface area contributed by atoms with Crippen LogP contribution in [-0.2, 0) is 0 Å². The third-order valence-electron chi connectivity index (χ3n) is 3.11. The molecule has 0 unspecified atom stereocenters. The Bertz CT molecular complexity index is 776. The summed E-state index contributed by atoms with van der Waals surface area (Å²) in [5, 5.41) is 6.16. The number of thiocarbonyl (C=S) groups is 1. The van der Waals surface area contributed by atoms with Crippen LogP contribution in [0.25, 0.3) is 0 Å². The Labute approximate surface area is 150 Å². The number of carbonyl (C=O) groups excluding carboxylic acids is 2. The number of anilines is 1. The smallest absolute Gasteiger partial charge is 0.257 e. The van der Waals surface area contributed by atoms with Gasteiger partial charge in [0.05, 0.1) is 0 Å². The maximum Gasteiger partial charge on any atom is 0.257 e. The van der Waals surface area contributed by atoms with Crippen LogP contribution in [0, 0.1) is 0 Å². The molecule has 2 aromatic rings. The van der Waals surface area contributed by atoms with Crippen molar-refractivity contribution in [3.63, 3.8) is 0 Å². The van der Waals surface area contributed by atoms with Crippen LogP contribution in [0.15, 0.2) is 48.5 Å². The summed E-state index contributed by atoms with van der Waals surface area (Å²) in [4.78, 5) is 25.5. The maximum atomic E-state index is 12.1. The van der Waals surface area contributed by atoms with Crippen LogP contribution in [0.4, 0.5) is 5.69 Å². The number of hydrogen-bond donors (Lipinski definition) is 2. The fourth-order valence-corrected chi connectivity index (χ4v) is 2.26. The van der Waals surface area contributed by atoms with Crippen LogP contribution in [0.1, 0.15) is 20.7 Å². The molecule has 0 radical (unpaired) electrons. The fraction of sp³-hybridized carbons (Fsp3) is 0.118. The van der Waals surface area contributed by atoms with Gasteiger partial charge in [0.1, 0.15) is 0 Å². The lowest BCUT2D eigenvalue weighted by molar-refractivity contribution is 0.0827. The average Bonchev–Trinajstić information content (AvgIpc) is 2.54. The lowest BCUT2D eigenvalue weighted by Crippen LogP contribution is -2.34. The van der Waals surface area contributed by atoms with E-state index in [4.69, 9.17) is 23.8 Å². The van der Waals surface area contributed by atoms with Gasteiger partial charge >= 0.3 is 0 Å². The van der Waals surface area contributed by atoms with Gasteiger partial charge < -0.3 is 10.2 Å². The summed E-state index contributed by atoms with van der Waals surface area (Å²) < 4.78 is 0. The van der Waals surface area contributed by atoms with Gasteiger partial charge in [0.15, 0.2) is 5.11 Å². The van der Waals surface area contributed by atoms with Gasteiger partial charge in [-0.15, -0.1) is 0 Å². The van der Waals surface area contributed by atoms with E-state index >= 15 is 0 Å². The Hall–Kier alpha value is -2.44. The third-order valence-corrected chi connectivity index (χ3v) is 3.56. The second kappa shape index (κ2) is 7.90. The van der Waals surface area contributed by atoms with E-state index < -0.39 is 0 Å². The normalized spacial score (nSPS) is 9.96. The molecule has 24 heavy (non-hydrogen) atoms. The van der Waals surface area contributed by atoms with Gasteiger partial charge in [-0.1, -0.05) is 17.7 Å². The zero-order chi connectivity index (χ0) is 17.7. The first kappa shape index (κ1) is 17.9. The van der Waals surface area contributed by atoms with E-state index in [1.165, 1.54) is 4.90 Å². The first-order valence-electron chi connectivity index (χ1n) is 7.06. The molecule has 5 nitrogen and oxygen atoms in total. The molecule has 0 atom stereocenters. The number of benzene rings is 2. The van der Waals surface area contributed by atoms with E-state index in [1.54, 1.807) is 62.6 Å². The number of amides is 2. The highest BCUT2D eigenvalue weighted by Crippen LogP contribution is 2.12. The van der Waals surface area contributed by atoms with E-state index in [1.807, 2.05) is 0 Å². The van der Waals surface area contributed by atoms with Crippen molar-refractivity contribution in [2.75, 3.05) is 19.4 Å². The Morgan fingerprint density at radius 3 is 2.33 bits per heavy atom. The van der Waals surface area contributed by atoms with Crippen molar-refractivity contribution in [1.82, 2.24) is 10.2 Å². The van der Waals surface area contributed by atoms with Crippen molar-refractivity contribution in [1.29, 1.82) is 0 Å². The largest absolute Gasteiger partial charge is 0.345 e. The lowest BCUT2D eigenvalue weighted by atomic mass is 10.2. The molecular weight excluding hydrogens is 346 g/mol. The maximum absolute atomic E-state index is 12.1. The zero-order valence-electron chi connectivity index (χ0n) is 13.2. The minimum atomic E-state index is -0.343. The molecule has 0 saturated carbocycles. The molecule has 0 aliphatic rings. The molecule has 124 valence electrons. The number of halogens is 1. The van der Waals surface area contributed by atoms with Crippen LogP contribution in [0.3, 0.4) is 0 Å². The molecular formula is C17H16ClN3O2S. The van der Waals surface area contributed by atoms with E-state index in [0.717, 1.165) is 0 Å². The van der Waals surface area contributed by atoms with E-state index in [2.05, 4.69) is 10.6 Å². The molecule has 0 fully saturated rings. The third kappa shape index (κ3) is 4.78. The van der Waals surface area contributed by atoms with Crippen LogP contribution in [0.2, 0.25) is 5.02 Å². The molecule has 7 heteroatoms. The Balaban J connectivity index is 2.02. The van der Waals surface area contributed by atoms with Crippen molar-refractivity contribution >= 4 is 46.4 Å². The summed E-state index contributed by atoms with van der Waals surface area (Å²) in [5.41, 5.74) is 1.58. The molecule has 2 aromatic carbocycles. The molecule has 0 aliphatic carbocycles. The van der Waals surface area contributed by atoms with Gasteiger partial charge in [-0.3, -0.25) is 14.9 Å². The Morgan fingerprint density at radius 1 is 1.04 bits per heavy atom. The van der Waals surface area contributed by atoms with Crippen molar-refractivity contribution in [2.24, 2.45) is 0 Å². The average molecular weight is 362 g/mol. The highest BCUT2D eigenvalue weighted by Gasteiger charge is 2.10. The predicted octanol–water partition coefficient (Wildman–Crippen LogP) is 3.17. The molecule has 2 N–H and O–H groups in total. The lowest BCUT2D eigenvalue weighted by Gasteiger charge is -2.13. The molecule has 0 heterocycles. The van der Waals surface area contributed by atoms with Crippen molar-refractivity contribution in [3.8, 4) is 0 Å². The van der Waals surface area contributed by atoms with Crippen molar-refractivity contribution in [3.05, 3.63) is 64.7 Å². The highest BCUT2D eigenvalue weighted by molar-refractivity contribution is 7.80. The van der Waals surface area contributed by atoms with Gasteiger partial charge in [-0.25, -0.2) is 0 Å². The first-order chi connectivity index (χ1) is 11.4. The molecule has 2 rings (SSSR count). The molecule has 2 amide bonds. The van der Waals surface area contributed by atoms with E-state index in [0.29, 0.717) is 21.8 Å². The SMILES string of the molecule is CN(C)C(=O)c1cccc(NC(=S)NC(=O)c2ccc(Cl)cc2)c1. The van der Waals surface area contributed by atoms with Crippen LogP contribution in [0.5, 0.6) is 0 Å². The summed E-state index contributed by atoms with van der Waals surface area (Å²) >= 11 is 10.9. The van der Waals surface area contributed by atoms with Crippen LogP contribution < -0.4 is 10.6 Å². The van der Waals surface area contributed by atoms with E-state index in [9.17, 15) is 9.59 Å². The Kier molecular flexibility index (Phi) is 5.89. The minimum absolute atomic E-state index is 0.116. The molecule has 0 aromatic heterocycles. The predicted molar refractivity (Wildman–Crippen MR) is 99.6 cm³/mol. The van der Waals surface area contributed by atoms with Gasteiger partial charge in [-0.2, -0.15) is 0 Å². The second-order valence-corrected chi connectivity index (χ2v) is 6.04. The minimum Gasteiger partial charge on any atom is -0.345 e. The van der Waals surface area contributed by atoms with Crippen LogP contribution >= 0.6 is 23.8 Å². The summed E-state index contributed by atoms with van der Waals surface area (Å²) in [6.07, 6.45) is 0. The summed E-state index contributed by atoms with van der Waals surface area (Å²) in [5.74, 6) is -0.459. The van der Waals surface area contributed by atoms with Gasteiger partial charge in [0.2, 0.25) is 0 Å². The van der Waals surface area contributed by atoms with E-state index in [-0.39, 0.29) is 16.9 Å². The number of hydrogen-bond acceptors (Lipinski definition) is 3. The van der Waals surface area contributed by atoms with Gasteiger partial charge in [-0.05, 0) is 54.7 Å². The quantitative estimate of drug-likeness (QED) is 0.824. The van der Waals surface area contributed by atoms with Gasteiger partial charge in [0.25, 0.3) is 11.8 Å². The summed E-state index contributed by atoms with van der Waals surface area (Å²) in [6.45, 7) is 0. The Morgan fingerprint density at radius 2 is 1.71 bits per heavy atom. The standard InChI is InChI=1S/C17H16ClN3O2S/c1-21(2)16(23)12-4-3-5-14(10-12)19-17(24)20-15(22)11-6-8-13(18)9-7-11/h3-10H,1-2H3,(H2,19,20,22,24). The number of nitrogens with one attached hydrogen (secondary N) is 2. The van der Waals surface area contributed by atoms with Crippen LogP contribution in [-0.4, -0.2) is 35.9 Å². The zero-order valence-corrected chi connectivity index (χ0v) is 14.7. The summed E-state index contributed by atoms with van der Waals surface area (Å²) in [7, 11) is 3.36. The second-order valence-electron chi connectivity index (χ2n) is 5.20. The van der Waals surface area contributed by atoms with Crippen molar-refractivity contribution in [2.45, 2.75) is 0 Å². The topological polar surface area (TPSA) is 61.4 Å². The molecule has 0 spiro atoms. The highest BCUT2D eigenvalue weighted by atomic mass is 35.5. The molecule has 0 saturated heterocycles.